The van der Waals surface area contributed by atoms with Gasteiger partial charge in [0, 0.05) is 23.7 Å². The van der Waals surface area contributed by atoms with Gasteiger partial charge in [-0.2, -0.15) is 0 Å². The van der Waals surface area contributed by atoms with Crippen molar-refractivity contribution in [3.8, 4) is 0 Å². The Kier molecular flexibility index (Phi) is 3.07. The fourth-order valence-electron chi connectivity index (χ4n) is 1.89. The number of anilines is 1. The maximum absolute atomic E-state index is 10.7. The number of hydrogen-bond acceptors (Lipinski definition) is 6. The number of fused-ring (bicyclic) bond motifs is 1. The predicted molar refractivity (Wildman–Crippen MR) is 76.9 cm³/mol. The predicted octanol–water partition coefficient (Wildman–Crippen LogP) is 3.10. The molecule has 1 atom stereocenters. The summed E-state index contributed by atoms with van der Waals surface area (Å²) in [4.78, 5) is 21.9. The van der Waals surface area contributed by atoms with E-state index in [9.17, 15) is 10.1 Å². The Morgan fingerprint density at radius 3 is 3.05 bits per heavy atom. The van der Waals surface area contributed by atoms with Gasteiger partial charge >= 0.3 is 0 Å². The van der Waals surface area contributed by atoms with Crippen LogP contribution in [0.5, 0.6) is 0 Å². The standard InChI is InChI=1S/C12H11N5O2S/c1-7(11-13-4-5-20-11)14-12-15-9-3-2-8(17(18)19)6-10(9)16-12/h2-7H,1H3,(H2,14,15,16). The first kappa shape index (κ1) is 12.5. The van der Waals surface area contributed by atoms with Gasteiger partial charge in [0.25, 0.3) is 5.69 Å². The van der Waals surface area contributed by atoms with E-state index in [0.29, 0.717) is 17.0 Å². The number of imidazole rings is 1. The van der Waals surface area contributed by atoms with Crippen LogP contribution < -0.4 is 5.32 Å². The molecule has 0 aliphatic heterocycles. The van der Waals surface area contributed by atoms with Crippen molar-refractivity contribution >= 4 is 34.0 Å². The molecule has 0 aliphatic carbocycles. The highest BCUT2D eigenvalue weighted by atomic mass is 32.1. The van der Waals surface area contributed by atoms with Gasteiger partial charge in [0.15, 0.2) is 0 Å². The fraction of sp³-hybridized carbons (Fsp3) is 0.167. The van der Waals surface area contributed by atoms with Crippen molar-refractivity contribution in [2.24, 2.45) is 0 Å². The Labute approximate surface area is 117 Å². The number of hydrogen-bond donors (Lipinski definition) is 2. The van der Waals surface area contributed by atoms with Crippen molar-refractivity contribution in [3.63, 3.8) is 0 Å². The quantitative estimate of drug-likeness (QED) is 0.568. The summed E-state index contributed by atoms with van der Waals surface area (Å²) >= 11 is 1.56. The van der Waals surface area contributed by atoms with Gasteiger partial charge in [0.1, 0.15) is 5.01 Å². The second-order valence-electron chi connectivity index (χ2n) is 4.28. The molecule has 3 rings (SSSR count). The Morgan fingerprint density at radius 2 is 2.35 bits per heavy atom. The van der Waals surface area contributed by atoms with Crippen LogP contribution in [0.1, 0.15) is 18.0 Å². The molecule has 3 aromatic rings. The molecule has 7 nitrogen and oxygen atoms in total. The zero-order valence-electron chi connectivity index (χ0n) is 10.5. The molecule has 2 N–H and O–H groups in total. The van der Waals surface area contributed by atoms with Crippen LogP contribution in [-0.4, -0.2) is 19.9 Å². The minimum atomic E-state index is -0.425. The van der Waals surface area contributed by atoms with E-state index in [2.05, 4.69) is 20.3 Å². The summed E-state index contributed by atoms with van der Waals surface area (Å²) in [5.74, 6) is 0.572. The highest BCUT2D eigenvalue weighted by molar-refractivity contribution is 7.09. The molecule has 0 bridgehead atoms. The lowest BCUT2D eigenvalue weighted by atomic mass is 10.3. The number of thiazole rings is 1. The van der Waals surface area contributed by atoms with Crippen LogP contribution in [0, 0.1) is 10.1 Å². The second kappa shape index (κ2) is 4.89. The summed E-state index contributed by atoms with van der Waals surface area (Å²) in [7, 11) is 0. The van der Waals surface area contributed by atoms with Gasteiger partial charge in [-0.25, -0.2) is 9.97 Å². The summed E-state index contributed by atoms with van der Waals surface area (Å²) in [5, 5.41) is 16.8. The van der Waals surface area contributed by atoms with Gasteiger partial charge in [0.05, 0.1) is 22.0 Å². The molecule has 8 heteroatoms. The van der Waals surface area contributed by atoms with E-state index < -0.39 is 4.92 Å². The molecule has 2 heterocycles. The molecule has 1 aromatic carbocycles. The average Bonchev–Trinajstić information content (AvgIpc) is 3.06. The van der Waals surface area contributed by atoms with Crippen molar-refractivity contribution in [2.45, 2.75) is 13.0 Å². The zero-order valence-corrected chi connectivity index (χ0v) is 11.3. The maximum Gasteiger partial charge on any atom is 0.271 e. The minimum Gasteiger partial charge on any atom is -0.347 e. The lowest BCUT2D eigenvalue weighted by Crippen LogP contribution is -2.07. The molecular formula is C12H11N5O2S. The minimum absolute atomic E-state index is 0.0190. The summed E-state index contributed by atoms with van der Waals surface area (Å²) in [6.45, 7) is 1.98. The van der Waals surface area contributed by atoms with E-state index in [1.54, 1.807) is 23.6 Å². The van der Waals surface area contributed by atoms with E-state index in [0.717, 1.165) is 5.01 Å². The number of aromatic nitrogens is 3. The molecule has 0 aliphatic rings. The van der Waals surface area contributed by atoms with Gasteiger partial charge in [-0.15, -0.1) is 11.3 Å². The molecule has 0 amide bonds. The van der Waals surface area contributed by atoms with Crippen LogP contribution in [0.4, 0.5) is 11.6 Å². The van der Waals surface area contributed by atoms with Crippen LogP contribution in [0.25, 0.3) is 11.0 Å². The SMILES string of the molecule is CC(Nc1nc2ccc([N+](=O)[O-])cc2[nH]1)c1nccs1. The van der Waals surface area contributed by atoms with E-state index in [1.807, 2.05) is 12.3 Å². The topological polar surface area (TPSA) is 96.7 Å². The Hall–Kier alpha value is -2.48. The van der Waals surface area contributed by atoms with Crippen molar-refractivity contribution in [1.82, 2.24) is 15.0 Å². The van der Waals surface area contributed by atoms with Crippen molar-refractivity contribution in [1.29, 1.82) is 0 Å². The van der Waals surface area contributed by atoms with Crippen LogP contribution in [0.3, 0.4) is 0 Å². The highest BCUT2D eigenvalue weighted by Gasteiger charge is 2.12. The van der Waals surface area contributed by atoms with Crippen LogP contribution in [-0.2, 0) is 0 Å². The van der Waals surface area contributed by atoms with E-state index >= 15 is 0 Å². The number of nitrogens with one attached hydrogen (secondary N) is 2. The number of non-ortho nitro benzene ring substituents is 1. The van der Waals surface area contributed by atoms with Gasteiger partial charge in [-0.1, -0.05) is 0 Å². The van der Waals surface area contributed by atoms with Gasteiger partial charge in [0.2, 0.25) is 5.95 Å². The van der Waals surface area contributed by atoms with Gasteiger partial charge in [-0.3, -0.25) is 10.1 Å². The van der Waals surface area contributed by atoms with Crippen LogP contribution in [0.15, 0.2) is 29.8 Å². The molecule has 0 fully saturated rings. The molecule has 20 heavy (non-hydrogen) atoms. The Morgan fingerprint density at radius 1 is 1.50 bits per heavy atom. The largest absolute Gasteiger partial charge is 0.347 e. The molecule has 0 spiro atoms. The molecule has 0 saturated carbocycles. The highest BCUT2D eigenvalue weighted by Crippen LogP contribution is 2.23. The first-order valence-corrected chi connectivity index (χ1v) is 6.81. The number of rotatable bonds is 4. The lowest BCUT2D eigenvalue weighted by molar-refractivity contribution is -0.384. The van der Waals surface area contributed by atoms with E-state index in [-0.39, 0.29) is 11.7 Å². The maximum atomic E-state index is 10.7. The third-order valence-corrected chi connectivity index (χ3v) is 3.81. The molecule has 2 aromatic heterocycles. The number of nitrogens with zero attached hydrogens (tertiary/aromatic N) is 3. The summed E-state index contributed by atoms with van der Waals surface area (Å²) in [5.41, 5.74) is 1.36. The number of nitro benzene ring substituents is 1. The Bertz CT molecular complexity index is 752. The van der Waals surface area contributed by atoms with Crippen molar-refractivity contribution in [3.05, 3.63) is 44.9 Å². The van der Waals surface area contributed by atoms with Gasteiger partial charge < -0.3 is 10.3 Å². The van der Waals surface area contributed by atoms with E-state index in [4.69, 9.17) is 0 Å². The molecule has 0 saturated heterocycles. The number of H-pyrrole nitrogens is 1. The van der Waals surface area contributed by atoms with Crippen LogP contribution >= 0.6 is 11.3 Å². The Balaban J connectivity index is 1.87. The zero-order chi connectivity index (χ0) is 14.1. The summed E-state index contributed by atoms with van der Waals surface area (Å²) in [6, 6.07) is 4.56. The smallest absolute Gasteiger partial charge is 0.271 e. The first-order chi connectivity index (χ1) is 9.63. The molecule has 1 unspecified atom stereocenters. The average molecular weight is 289 g/mol. The monoisotopic (exact) mass is 289 g/mol. The third kappa shape index (κ3) is 2.32. The second-order valence-corrected chi connectivity index (χ2v) is 5.21. The lowest BCUT2D eigenvalue weighted by Gasteiger charge is -2.08. The molecular weight excluding hydrogens is 278 g/mol. The van der Waals surface area contributed by atoms with Crippen molar-refractivity contribution < 1.29 is 4.92 Å². The third-order valence-electron chi connectivity index (χ3n) is 2.85. The first-order valence-electron chi connectivity index (χ1n) is 5.93. The number of benzene rings is 1. The number of aromatic amines is 1. The normalized spacial score (nSPS) is 12.4. The van der Waals surface area contributed by atoms with E-state index in [1.165, 1.54) is 12.1 Å². The summed E-state index contributed by atoms with van der Waals surface area (Å²) < 4.78 is 0. The van der Waals surface area contributed by atoms with Gasteiger partial charge in [-0.05, 0) is 13.0 Å². The molecule has 0 radical (unpaired) electrons. The molecule has 102 valence electrons. The summed E-state index contributed by atoms with van der Waals surface area (Å²) in [6.07, 6.45) is 1.75. The number of nitro groups is 1. The van der Waals surface area contributed by atoms with Crippen molar-refractivity contribution in [2.75, 3.05) is 5.32 Å². The fourth-order valence-corrected chi connectivity index (χ4v) is 2.54. The van der Waals surface area contributed by atoms with Crippen LogP contribution in [0.2, 0.25) is 0 Å².